The van der Waals surface area contributed by atoms with E-state index in [0.717, 1.165) is 0 Å². The first-order chi connectivity index (χ1) is 4.75. The van der Waals surface area contributed by atoms with Gasteiger partial charge >= 0.3 is 5.82 Å². The molecule has 0 bridgehead atoms. The first-order valence-corrected chi connectivity index (χ1v) is 2.56. The Morgan fingerprint density at radius 2 is 2.60 bits per heavy atom. The van der Waals surface area contributed by atoms with E-state index in [1.807, 2.05) is 0 Å². The molecule has 0 atom stereocenters. The van der Waals surface area contributed by atoms with E-state index in [1.54, 1.807) is 0 Å². The van der Waals surface area contributed by atoms with Crippen molar-refractivity contribution >= 4 is 11.9 Å². The minimum absolute atomic E-state index is 0.116. The SMILES string of the molecule is C=Cc1cn[nH]c1[N+](=O)[O-]. The van der Waals surface area contributed by atoms with Gasteiger partial charge in [0.1, 0.15) is 0 Å². The molecule has 1 heterocycles. The molecule has 5 nitrogen and oxygen atoms in total. The Labute approximate surface area is 56.5 Å². The Kier molecular flexibility index (Phi) is 1.49. The van der Waals surface area contributed by atoms with Crippen molar-refractivity contribution in [1.29, 1.82) is 0 Å². The van der Waals surface area contributed by atoms with Crippen molar-refractivity contribution in [2.45, 2.75) is 0 Å². The molecule has 0 aliphatic carbocycles. The molecule has 0 aromatic carbocycles. The number of nitrogens with zero attached hydrogens (tertiary/aromatic N) is 2. The lowest BCUT2D eigenvalue weighted by atomic mass is 10.3. The van der Waals surface area contributed by atoms with Crippen LogP contribution in [0.25, 0.3) is 6.08 Å². The van der Waals surface area contributed by atoms with Gasteiger partial charge in [0.25, 0.3) is 0 Å². The molecular weight excluding hydrogens is 134 g/mol. The third-order valence-corrected chi connectivity index (χ3v) is 1.05. The monoisotopic (exact) mass is 139 g/mol. The van der Waals surface area contributed by atoms with Crippen LogP contribution < -0.4 is 0 Å². The summed E-state index contributed by atoms with van der Waals surface area (Å²) < 4.78 is 0. The first-order valence-electron chi connectivity index (χ1n) is 2.56. The average Bonchev–Trinajstić information content (AvgIpc) is 2.33. The van der Waals surface area contributed by atoms with Crippen LogP contribution >= 0.6 is 0 Å². The van der Waals surface area contributed by atoms with Crippen molar-refractivity contribution in [3.8, 4) is 0 Å². The number of hydrogen-bond donors (Lipinski definition) is 1. The topological polar surface area (TPSA) is 71.8 Å². The standard InChI is InChI=1S/C5H5N3O2/c1-2-4-3-6-7-5(4)8(9)10/h2-3H,1H2,(H,6,7). The lowest BCUT2D eigenvalue weighted by molar-refractivity contribution is -0.389. The van der Waals surface area contributed by atoms with Crippen LogP contribution in [0.3, 0.4) is 0 Å². The molecular formula is C5H5N3O2. The van der Waals surface area contributed by atoms with Crippen LogP contribution in [-0.4, -0.2) is 15.1 Å². The summed E-state index contributed by atoms with van der Waals surface area (Å²) in [5.74, 6) is -0.116. The van der Waals surface area contributed by atoms with Crippen molar-refractivity contribution < 1.29 is 4.92 Å². The third kappa shape index (κ3) is 0.883. The maximum atomic E-state index is 10.1. The normalized spacial score (nSPS) is 9.20. The molecule has 52 valence electrons. The molecule has 1 rings (SSSR count). The van der Waals surface area contributed by atoms with E-state index in [9.17, 15) is 10.1 Å². The molecule has 5 heteroatoms. The molecule has 1 aromatic heterocycles. The Balaban J connectivity index is 3.13. The predicted octanol–water partition coefficient (Wildman–Crippen LogP) is 0.961. The first kappa shape index (κ1) is 6.47. The van der Waals surface area contributed by atoms with Crippen LogP contribution in [0.2, 0.25) is 0 Å². The van der Waals surface area contributed by atoms with E-state index < -0.39 is 4.92 Å². The molecule has 10 heavy (non-hydrogen) atoms. The Morgan fingerprint density at radius 1 is 1.90 bits per heavy atom. The van der Waals surface area contributed by atoms with Crippen LogP contribution in [0.4, 0.5) is 5.82 Å². The summed E-state index contributed by atoms with van der Waals surface area (Å²) >= 11 is 0. The summed E-state index contributed by atoms with van der Waals surface area (Å²) in [6.45, 7) is 3.38. The van der Waals surface area contributed by atoms with Gasteiger partial charge in [-0.25, -0.2) is 0 Å². The third-order valence-electron chi connectivity index (χ3n) is 1.05. The number of hydrogen-bond acceptors (Lipinski definition) is 3. The Hall–Kier alpha value is -1.65. The fourth-order valence-corrected chi connectivity index (χ4v) is 0.584. The zero-order chi connectivity index (χ0) is 7.56. The second kappa shape index (κ2) is 2.30. The molecule has 1 aromatic rings. The highest BCUT2D eigenvalue weighted by Crippen LogP contribution is 2.13. The summed E-state index contributed by atoms with van der Waals surface area (Å²) in [4.78, 5) is 9.59. The lowest BCUT2D eigenvalue weighted by Crippen LogP contribution is -1.89. The number of nitro groups is 1. The minimum Gasteiger partial charge on any atom is -0.358 e. The van der Waals surface area contributed by atoms with Gasteiger partial charge in [0.15, 0.2) is 0 Å². The molecule has 0 amide bonds. The van der Waals surface area contributed by atoms with Gasteiger partial charge in [-0.2, -0.15) is 0 Å². The van der Waals surface area contributed by atoms with Crippen molar-refractivity contribution in [3.63, 3.8) is 0 Å². The number of aromatic nitrogens is 2. The van der Waals surface area contributed by atoms with Gasteiger partial charge in [-0.05, 0) is 4.92 Å². The van der Waals surface area contributed by atoms with Crippen LogP contribution in [0.1, 0.15) is 5.56 Å². The predicted molar refractivity (Wildman–Crippen MR) is 35.3 cm³/mol. The number of aromatic amines is 1. The van der Waals surface area contributed by atoms with E-state index in [0.29, 0.717) is 5.56 Å². The van der Waals surface area contributed by atoms with Crippen LogP contribution in [0.15, 0.2) is 12.8 Å². The molecule has 1 N–H and O–H groups in total. The second-order valence-corrected chi connectivity index (χ2v) is 1.64. The Morgan fingerprint density at radius 3 is 3.00 bits per heavy atom. The maximum absolute atomic E-state index is 10.1. The molecule has 0 fully saturated rings. The molecule has 0 aliphatic heterocycles. The summed E-state index contributed by atoms with van der Waals surface area (Å²) in [5, 5.41) is 15.8. The maximum Gasteiger partial charge on any atom is 0.349 e. The van der Waals surface area contributed by atoms with Crippen LogP contribution in [0, 0.1) is 10.1 Å². The van der Waals surface area contributed by atoms with Crippen molar-refractivity contribution in [1.82, 2.24) is 10.2 Å². The second-order valence-electron chi connectivity index (χ2n) is 1.64. The highest BCUT2D eigenvalue weighted by atomic mass is 16.6. The highest BCUT2D eigenvalue weighted by molar-refractivity contribution is 5.54. The van der Waals surface area contributed by atoms with E-state index in [-0.39, 0.29) is 5.82 Å². The number of nitrogens with one attached hydrogen (secondary N) is 1. The molecule has 0 aliphatic rings. The van der Waals surface area contributed by atoms with E-state index >= 15 is 0 Å². The van der Waals surface area contributed by atoms with Gasteiger partial charge < -0.3 is 10.1 Å². The number of rotatable bonds is 2. The largest absolute Gasteiger partial charge is 0.358 e. The smallest absolute Gasteiger partial charge is 0.349 e. The summed E-state index contributed by atoms with van der Waals surface area (Å²) in [7, 11) is 0. The zero-order valence-electron chi connectivity index (χ0n) is 5.07. The van der Waals surface area contributed by atoms with Crippen LogP contribution in [-0.2, 0) is 0 Å². The summed E-state index contributed by atoms with van der Waals surface area (Å²) in [6, 6.07) is 0. The highest BCUT2D eigenvalue weighted by Gasteiger charge is 2.10. The van der Waals surface area contributed by atoms with Gasteiger partial charge in [-0.15, -0.1) is 5.10 Å². The molecule has 0 unspecified atom stereocenters. The summed E-state index contributed by atoms with van der Waals surface area (Å²) in [6.07, 6.45) is 2.73. The minimum atomic E-state index is -0.538. The molecule has 0 saturated heterocycles. The zero-order valence-corrected chi connectivity index (χ0v) is 5.07. The fourth-order valence-electron chi connectivity index (χ4n) is 0.584. The Bertz CT molecular complexity index is 266. The van der Waals surface area contributed by atoms with Crippen molar-refractivity contribution in [2.24, 2.45) is 0 Å². The van der Waals surface area contributed by atoms with Crippen molar-refractivity contribution in [2.75, 3.05) is 0 Å². The average molecular weight is 139 g/mol. The quantitative estimate of drug-likeness (QED) is 0.490. The number of H-pyrrole nitrogens is 1. The van der Waals surface area contributed by atoms with Gasteiger partial charge in [0.2, 0.25) is 0 Å². The van der Waals surface area contributed by atoms with Gasteiger partial charge in [-0.3, -0.25) is 0 Å². The van der Waals surface area contributed by atoms with Crippen molar-refractivity contribution in [3.05, 3.63) is 28.5 Å². The van der Waals surface area contributed by atoms with E-state index in [2.05, 4.69) is 16.8 Å². The van der Waals surface area contributed by atoms with Gasteiger partial charge in [-0.1, -0.05) is 17.8 Å². The van der Waals surface area contributed by atoms with Gasteiger partial charge in [0.05, 0.1) is 11.8 Å². The van der Waals surface area contributed by atoms with Crippen LogP contribution in [0.5, 0.6) is 0 Å². The van der Waals surface area contributed by atoms with E-state index in [4.69, 9.17) is 0 Å². The summed E-state index contributed by atoms with van der Waals surface area (Å²) in [5.41, 5.74) is 0.407. The lowest BCUT2D eigenvalue weighted by Gasteiger charge is -1.88. The molecule has 0 radical (unpaired) electrons. The fraction of sp³-hybridized carbons (Fsp3) is 0. The molecule has 0 spiro atoms. The molecule has 0 saturated carbocycles. The van der Waals surface area contributed by atoms with Gasteiger partial charge in [0, 0.05) is 0 Å². The van der Waals surface area contributed by atoms with E-state index in [1.165, 1.54) is 12.3 Å².